The van der Waals surface area contributed by atoms with Gasteiger partial charge in [-0.15, -0.1) is 11.3 Å². The Kier molecular flexibility index (Phi) is 6.26. The van der Waals surface area contributed by atoms with Crippen molar-refractivity contribution in [2.45, 2.75) is 61.5 Å². The third kappa shape index (κ3) is 5.13. The second kappa shape index (κ2) is 8.48. The van der Waals surface area contributed by atoms with Crippen molar-refractivity contribution in [1.29, 1.82) is 0 Å². The summed E-state index contributed by atoms with van der Waals surface area (Å²) in [6.45, 7) is 3.49. The van der Waals surface area contributed by atoms with E-state index in [1.807, 2.05) is 47.2 Å². The Morgan fingerprint density at radius 3 is 2.63 bits per heavy atom. The minimum absolute atomic E-state index is 0.132. The molecule has 0 unspecified atom stereocenters. The smallest absolute Gasteiger partial charge is 0.262 e. The number of hydrogen-bond acceptors (Lipinski definition) is 5. The molecular formula is C19H26N4O2S2. The van der Waals surface area contributed by atoms with Crippen molar-refractivity contribution in [2.75, 3.05) is 0 Å². The fourth-order valence-corrected chi connectivity index (χ4v) is 4.89. The van der Waals surface area contributed by atoms with E-state index in [1.54, 1.807) is 19.9 Å². The predicted molar refractivity (Wildman–Crippen MR) is 109 cm³/mol. The summed E-state index contributed by atoms with van der Waals surface area (Å²) in [6.07, 6.45) is 7.77. The number of imidazole rings is 1. The zero-order valence-corrected chi connectivity index (χ0v) is 17.5. The van der Waals surface area contributed by atoms with E-state index in [0.717, 1.165) is 30.8 Å². The molecule has 0 atom stereocenters. The zero-order valence-electron chi connectivity index (χ0n) is 15.9. The van der Waals surface area contributed by atoms with Gasteiger partial charge in [-0.1, -0.05) is 17.8 Å². The van der Waals surface area contributed by atoms with E-state index in [2.05, 4.69) is 15.6 Å². The number of nitrogens with one attached hydrogen (secondary N) is 2. The molecule has 1 saturated carbocycles. The summed E-state index contributed by atoms with van der Waals surface area (Å²) in [5.41, 5.74) is -0.945. The lowest BCUT2D eigenvalue weighted by molar-refractivity contribution is -0.127. The van der Waals surface area contributed by atoms with Gasteiger partial charge in [-0.2, -0.15) is 0 Å². The molecule has 2 heterocycles. The van der Waals surface area contributed by atoms with Crippen LogP contribution >= 0.6 is 23.1 Å². The lowest BCUT2D eigenvalue weighted by atomic mass is 9.93. The van der Waals surface area contributed by atoms with Crippen molar-refractivity contribution < 1.29 is 9.59 Å². The van der Waals surface area contributed by atoms with E-state index in [-0.39, 0.29) is 17.9 Å². The van der Waals surface area contributed by atoms with Crippen LogP contribution in [0.25, 0.3) is 0 Å². The molecule has 0 saturated heterocycles. The third-order valence-electron chi connectivity index (χ3n) is 4.80. The number of thiophene rings is 1. The quantitative estimate of drug-likeness (QED) is 0.772. The monoisotopic (exact) mass is 406 g/mol. The first-order chi connectivity index (χ1) is 12.8. The summed E-state index contributed by atoms with van der Waals surface area (Å²) in [5, 5.41) is 9.38. The van der Waals surface area contributed by atoms with Gasteiger partial charge in [0.15, 0.2) is 5.16 Å². The number of hydrogen-bond donors (Lipinski definition) is 2. The van der Waals surface area contributed by atoms with Crippen LogP contribution in [0.2, 0.25) is 0 Å². The fourth-order valence-electron chi connectivity index (χ4n) is 3.12. The molecule has 0 aliphatic heterocycles. The van der Waals surface area contributed by atoms with Crippen molar-refractivity contribution in [3.63, 3.8) is 0 Å². The standard InChI is InChI=1S/C19H26N4O2S2/c1-19(2,22-16(24)15-5-4-12-26-15)17(25)21-13-6-8-14(9-7-13)27-18-20-10-11-23(18)3/h4-5,10-14H,6-9H2,1-3H3,(H,21,25)(H,22,24). The number of rotatable bonds is 6. The van der Waals surface area contributed by atoms with Gasteiger partial charge in [-0.3, -0.25) is 9.59 Å². The van der Waals surface area contributed by atoms with Crippen molar-refractivity contribution in [3.8, 4) is 0 Å². The predicted octanol–water partition coefficient (Wildman–Crippen LogP) is 3.21. The number of aryl methyl sites for hydroxylation is 1. The highest BCUT2D eigenvalue weighted by molar-refractivity contribution is 7.99. The topological polar surface area (TPSA) is 76.0 Å². The Bertz CT molecular complexity index is 777. The molecule has 8 heteroatoms. The summed E-state index contributed by atoms with van der Waals surface area (Å²) in [4.78, 5) is 29.9. The van der Waals surface area contributed by atoms with Gasteiger partial charge < -0.3 is 15.2 Å². The third-order valence-corrected chi connectivity index (χ3v) is 7.07. The average molecular weight is 407 g/mol. The Hall–Kier alpha value is -1.80. The first kappa shape index (κ1) is 19.9. The maximum Gasteiger partial charge on any atom is 0.262 e. The number of amides is 2. The highest BCUT2D eigenvalue weighted by Gasteiger charge is 2.33. The van der Waals surface area contributed by atoms with Crippen molar-refractivity contribution >= 4 is 34.9 Å². The van der Waals surface area contributed by atoms with Gasteiger partial charge in [0.2, 0.25) is 5.91 Å². The van der Waals surface area contributed by atoms with Crippen LogP contribution in [0.1, 0.15) is 49.2 Å². The molecule has 1 aliphatic rings. The maximum absolute atomic E-state index is 12.7. The van der Waals surface area contributed by atoms with E-state index in [4.69, 9.17) is 0 Å². The summed E-state index contributed by atoms with van der Waals surface area (Å²) < 4.78 is 2.04. The number of carbonyl (C=O) groups excluding carboxylic acids is 2. The van der Waals surface area contributed by atoms with Crippen LogP contribution in [0.3, 0.4) is 0 Å². The van der Waals surface area contributed by atoms with E-state index < -0.39 is 5.54 Å². The minimum Gasteiger partial charge on any atom is -0.351 e. The summed E-state index contributed by atoms with van der Waals surface area (Å²) in [6, 6.07) is 3.75. The lowest BCUT2D eigenvalue weighted by Gasteiger charge is -2.32. The molecule has 27 heavy (non-hydrogen) atoms. The molecule has 3 rings (SSSR count). The molecule has 1 fully saturated rings. The van der Waals surface area contributed by atoms with Crippen LogP contribution in [-0.4, -0.2) is 38.2 Å². The molecule has 2 amide bonds. The Balaban J connectivity index is 1.47. The molecule has 146 valence electrons. The number of thioether (sulfide) groups is 1. The average Bonchev–Trinajstić information content (AvgIpc) is 3.29. The normalized spacial score (nSPS) is 20.3. The summed E-state index contributed by atoms with van der Waals surface area (Å²) in [5.74, 6) is -0.340. The van der Waals surface area contributed by atoms with Crippen LogP contribution in [-0.2, 0) is 11.8 Å². The second-order valence-electron chi connectivity index (χ2n) is 7.44. The SMILES string of the molecule is Cn1ccnc1SC1CCC(NC(=O)C(C)(C)NC(=O)c2cccs2)CC1. The highest BCUT2D eigenvalue weighted by Crippen LogP contribution is 2.32. The van der Waals surface area contributed by atoms with Crippen molar-refractivity contribution in [3.05, 3.63) is 34.8 Å². The second-order valence-corrected chi connectivity index (χ2v) is 9.66. The van der Waals surface area contributed by atoms with Crippen molar-refractivity contribution in [1.82, 2.24) is 20.2 Å². The van der Waals surface area contributed by atoms with Crippen LogP contribution in [0, 0.1) is 0 Å². The van der Waals surface area contributed by atoms with Crippen LogP contribution < -0.4 is 10.6 Å². The van der Waals surface area contributed by atoms with Gasteiger partial charge in [0.1, 0.15) is 5.54 Å². The van der Waals surface area contributed by atoms with E-state index in [0.29, 0.717) is 10.1 Å². The molecule has 0 aromatic carbocycles. The molecule has 0 spiro atoms. The van der Waals surface area contributed by atoms with Gasteiger partial charge in [0.05, 0.1) is 4.88 Å². The van der Waals surface area contributed by atoms with Crippen molar-refractivity contribution in [2.24, 2.45) is 7.05 Å². The van der Waals surface area contributed by atoms with E-state index in [1.165, 1.54) is 11.3 Å². The fraction of sp³-hybridized carbons (Fsp3) is 0.526. The number of carbonyl (C=O) groups is 2. The lowest BCUT2D eigenvalue weighted by Crippen LogP contribution is -2.57. The maximum atomic E-state index is 12.7. The number of nitrogens with zero attached hydrogens (tertiary/aromatic N) is 2. The highest BCUT2D eigenvalue weighted by atomic mass is 32.2. The molecule has 2 N–H and O–H groups in total. The van der Waals surface area contributed by atoms with Gasteiger partial charge >= 0.3 is 0 Å². The largest absolute Gasteiger partial charge is 0.351 e. The molecule has 2 aromatic rings. The summed E-state index contributed by atoms with van der Waals surface area (Å²) in [7, 11) is 2.01. The Morgan fingerprint density at radius 2 is 2.04 bits per heavy atom. The van der Waals surface area contributed by atoms with Gasteiger partial charge in [-0.05, 0) is 51.0 Å². The Labute approximate surface area is 168 Å². The van der Waals surface area contributed by atoms with Crippen LogP contribution in [0.5, 0.6) is 0 Å². The Morgan fingerprint density at radius 1 is 1.30 bits per heavy atom. The summed E-state index contributed by atoms with van der Waals surface area (Å²) >= 11 is 3.18. The van der Waals surface area contributed by atoms with Gasteiger partial charge in [0, 0.05) is 30.7 Å². The van der Waals surface area contributed by atoms with Crippen LogP contribution in [0.4, 0.5) is 0 Å². The molecule has 0 bridgehead atoms. The zero-order chi connectivity index (χ0) is 19.4. The first-order valence-electron chi connectivity index (χ1n) is 9.16. The number of aromatic nitrogens is 2. The van der Waals surface area contributed by atoms with E-state index >= 15 is 0 Å². The minimum atomic E-state index is -0.945. The molecule has 2 aromatic heterocycles. The molecule has 6 nitrogen and oxygen atoms in total. The molecule has 0 radical (unpaired) electrons. The van der Waals surface area contributed by atoms with Gasteiger partial charge in [0.25, 0.3) is 5.91 Å². The first-order valence-corrected chi connectivity index (χ1v) is 10.9. The van der Waals surface area contributed by atoms with E-state index in [9.17, 15) is 9.59 Å². The molecule has 1 aliphatic carbocycles. The van der Waals surface area contributed by atoms with Gasteiger partial charge in [-0.25, -0.2) is 4.98 Å². The molecular weight excluding hydrogens is 380 g/mol. The van der Waals surface area contributed by atoms with Crippen LogP contribution in [0.15, 0.2) is 35.1 Å².